The molecule has 6 nitrogen and oxygen atoms in total. The lowest BCUT2D eigenvalue weighted by Crippen LogP contribution is -2.29. The highest BCUT2D eigenvalue weighted by atomic mass is 16.6. The molecule has 1 N–H and O–H groups in total. The number of hydrogen-bond acceptors (Lipinski definition) is 4. The molecule has 0 saturated carbocycles. The van der Waals surface area contributed by atoms with E-state index in [1.807, 2.05) is 11.9 Å². The van der Waals surface area contributed by atoms with Crippen LogP contribution in [0, 0.1) is 15.5 Å². The lowest BCUT2D eigenvalue weighted by Gasteiger charge is -2.26. The van der Waals surface area contributed by atoms with E-state index >= 15 is 0 Å². The maximum absolute atomic E-state index is 11.3. The highest BCUT2D eigenvalue weighted by Crippen LogP contribution is 2.24. The molecule has 20 heavy (non-hydrogen) atoms. The molecule has 0 saturated heterocycles. The molecule has 0 radical (unpaired) electrons. The maximum atomic E-state index is 11.3. The van der Waals surface area contributed by atoms with Crippen molar-refractivity contribution in [2.45, 2.75) is 27.3 Å². The second-order valence-corrected chi connectivity index (χ2v) is 6.11. The van der Waals surface area contributed by atoms with Crippen molar-refractivity contribution < 1.29 is 14.8 Å². The molecule has 1 aromatic rings. The van der Waals surface area contributed by atoms with Gasteiger partial charge in [0.15, 0.2) is 0 Å². The Morgan fingerprint density at radius 2 is 2.00 bits per heavy atom. The fourth-order valence-corrected chi connectivity index (χ4v) is 2.27. The Labute approximate surface area is 118 Å². The number of carbonyl (C=O) groups is 1. The lowest BCUT2D eigenvalue weighted by atomic mass is 9.95. The third-order valence-corrected chi connectivity index (χ3v) is 2.72. The highest BCUT2D eigenvalue weighted by Gasteiger charge is 2.24. The Morgan fingerprint density at radius 3 is 2.45 bits per heavy atom. The van der Waals surface area contributed by atoms with Gasteiger partial charge in [-0.15, -0.1) is 0 Å². The second kappa shape index (κ2) is 6.00. The summed E-state index contributed by atoms with van der Waals surface area (Å²) in [4.78, 5) is 23.5. The van der Waals surface area contributed by atoms with Gasteiger partial charge in [0.1, 0.15) is 5.56 Å². The zero-order valence-corrected chi connectivity index (χ0v) is 12.2. The summed E-state index contributed by atoms with van der Waals surface area (Å²) >= 11 is 0. The van der Waals surface area contributed by atoms with E-state index in [1.165, 1.54) is 12.1 Å². The summed E-state index contributed by atoms with van der Waals surface area (Å²) in [5.74, 6) is -1.27. The SMILES string of the molecule is CN(Cc1cccc([N+](=O)[O-])c1C(=O)O)CC(C)(C)C. The van der Waals surface area contributed by atoms with E-state index in [2.05, 4.69) is 20.8 Å². The second-order valence-electron chi connectivity index (χ2n) is 6.11. The molecular formula is C14H20N2O4. The summed E-state index contributed by atoms with van der Waals surface area (Å²) in [6.45, 7) is 7.36. The van der Waals surface area contributed by atoms with Crippen molar-refractivity contribution >= 4 is 11.7 Å². The highest BCUT2D eigenvalue weighted by molar-refractivity contribution is 5.94. The van der Waals surface area contributed by atoms with Gasteiger partial charge in [0.05, 0.1) is 4.92 Å². The molecule has 0 spiro atoms. The van der Waals surface area contributed by atoms with E-state index in [0.717, 1.165) is 6.54 Å². The minimum atomic E-state index is -1.27. The van der Waals surface area contributed by atoms with Gasteiger partial charge >= 0.3 is 5.97 Å². The Balaban J connectivity index is 3.09. The minimum Gasteiger partial charge on any atom is -0.477 e. The number of aromatic carboxylic acids is 1. The number of nitro groups is 1. The maximum Gasteiger partial charge on any atom is 0.343 e. The van der Waals surface area contributed by atoms with Crippen molar-refractivity contribution in [1.82, 2.24) is 4.90 Å². The molecule has 0 aliphatic carbocycles. The Morgan fingerprint density at radius 1 is 1.40 bits per heavy atom. The van der Waals surface area contributed by atoms with Crippen LogP contribution in [0.5, 0.6) is 0 Å². The normalized spacial score (nSPS) is 11.7. The smallest absolute Gasteiger partial charge is 0.343 e. The lowest BCUT2D eigenvalue weighted by molar-refractivity contribution is -0.385. The van der Waals surface area contributed by atoms with Crippen molar-refractivity contribution in [3.05, 3.63) is 39.4 Å². The van der Waals surface area contributed by atoms with Crippen LogP contribution in [0.3, 0.4) is 0 Å². The third kappa shape index (κ3) is 4.31. The number of nitrogens with zero attached hydrogens (tertiary/aromatic N) is 2. The van der Waals surface area contributed by atoms with Crippen LogP contribution in [-0.2, 0) is 6.54 Å². The summed E-state index contributed by atoms with van der Waals surface area (Å²) in [6, 6.07) is 4.36. The van der Waals surface area contributed by atoms with E-state index in [0.29, 0.717) is 12.1 Å². The molecule has 0 aromatic heterocycles. The zero-order valence-electron chi connectivity index (χ0n) is 12.2. The molecule has 0 aliphatic rings. The van der Waals surface area contributed by atoms with Crippen LogP contribution in [0.2, 0.25) is 0 Å². The first-order chi connectivity index (χ1) is 9.11. The van der Waals surface area contributed by atoms with Crippen molar-refractivity contribution in [2.75, 3.05) is 13.6 Å². The van der Waals surface area contributed by atoms with Crippen LogP contribution < -0.4 is 0 Å². The Hall–Kier alpha value is -1.95. The van der Waals surface area contributed by atoms with Gasteiger partial charge in [-0.1, -0.05) is 32.9 Å². The molecule has 0 amide bonds. The fraction of sp³-hybridized carbons (Fsp3) is 0.500. The summed E-state index contributed by atoms with van der Waals surface area (Å²) in [7, 11) is 1.87. The Bertz CT molecular complexity index is 520. The first kappa shape index (κ1) is 16.1. The number of nitro benzene ring substituents is 1. The van der Waals surface area contributed by atoms with Crippen molar-refractivity contribution in [3.63, 3.8) is 0 Å². The molecule has 0 heterocycles. The largest absolute Gasteiger partial charge is 0.477 e. The molecule has 0 aliphatic heterocycles. The summed E-state index contributed by atoms with van der Waals surface area (Å²) in [5.41, 5.74) is -0.0605. The van der Waals surface area contributed by atoms with Crippen LogP contribution in [0.15, 0.2) is 18.2 Å². The van der Waals surface area contributed by atoms with Crippen molar-refractivity contribution in [3.8, 4) is 0 Å². The van der Waals surface area contributed by atoms with Crippen LogP contribution in [0.4, 0.5) is 5.69 Å². The number of carboxylic acid groups (broad SMARTS) is 1. The van der Waals surface area contributed by atoms with Gasteiger partial charge in [0.25, 0.3) is 5.69 Å². The van der Waals surface area contributed by atoms with E-state index < -0.39 is 10.9 Å². The van der Waals surface area contributed by atoms with Gasteiger partial charge in [0, 0.05) is 19.2 Å². The van der Waals surface area contributed by atoms with Crippen molar-refractivity contribution in [1.29, 1.82) is 0 Å². The van der Waals surface area contributed by atoms with Crippen LogP contribution >= 0.6 is 0 Å². The first-order valence-electron chi connectivity index (χ1n) is 6.30. The number of carboxylic acids is 1. The molecule has 0 unspecified atom stereocenters. The standard InChI is InChI=1S/C14H20N2O4/c1-14(2,3)9-15(4)8-10-6-5-7-11(16(19)20)12(10)13(17)18/h5-7H,8-9H2,1-4H3,(H,17,18). The summed E-state index contributed by atoms with van der Waals surface area (Å²) in [5, 5.41) is 20.1. The van der Waals surface area contributed by atoms with Gasteiger partial charge < -0.3 is 10.0 Å². The number of hydrogen-bond donors (Lipinski definition) is 1. The van der Waals surface area contributed by atoms with E-state index in [1.54, 1.807) is 6.07 Å². The zero-order chi connectivity index (χ0) is 15.5. The molecular weight excluding hydrogens is 260 g/mol. The monoisotopic (exact) mass is 280 g/mol. The Kier molecular flexibility index (Phi) is 4.83. The summed E-state index contributed by atoms with van der Waals surface area (Å²) < 4.78 is 0. The van der Waals surface area contributed by atoms with Gasteiger partial charge in [-0.2, -0.15) is 0 Å². The van der Waals surface area contributed by atoms with Gasteiger partial charge in [0.2, 0.25) is 0 Å². The van der Waals surface area contributed by atoms with E-state index in [9.17, 15) is 20.0 Å². The number of benzene rings is 1. The third-order valence-electron chi connectivity index (χ3n) is 2.72. The summed E-state index contributed by atoms with van der Waals surface area (Å²) in [6.07, 6.45) is 0. The van der Waals surface area contributed by atoms with E-state index in [-0.39, 0.29) is 16.7 Å². The van der Waals surface area contributed by atoms with Gasteiger partial charge in [-0.05, 0) is 18.0 Å². The predicted molar refractivity (Wildman–Crippen MR) is 75.8 cm³/mol. The van der Waals surface area contributed by atoms with Gasteiger partial charge in [-0.3, -0.25) is 10.1 Å². The minimum absolute atomic E-state index is 0.0683. The quantitative estimate of drug-likeness (QED) is 0.662. The van der Waals surface area contributed by atoms with Crippen LogP contribution in [-0.4, -0.2) is 34.5 Å². The molecule has 6 heteroatoms. The van der Waals surface area contributed by atoms with Gasteiger partial charge in [-0.25, -0.2) is 4.79 Å². The van der Waals surface area contributed by atoms with Crippen molar-refractivity contribution in [2.24, 2.45) is 5.41 Å². The molecule has 110 valence electrons. The topological polar surface area (TPSA) is 83.7 Å². The molecule has 0 bridgehead atoms. The molecule has 1 rings (SSSR count). The molecule has 0 fully saturated rings. The molecule has 1 aromatic carbocycles. The number of rotatable bonds is 5. The van der Waals surface area contributed by atoms with Crippen LogP contribution in [0.25, 0.3) is 0 Å². The predicted octanol–water partition coefficient (Wildman–Crippen LogP) is 2.77. The fourth-order valence-electron chi connectivity index (χ4n) is 2.27. The van der Waals surface area contributed by atoms with E-state index in [4.69, 9.17) is 0 Å². The average Bonchev–Trinajstić information content (AvgIpc) is 2.25. The average molecular weight is 280 g/mol. The first-order valence-corrected chi connectivity index (χ1v) is 6.30. The molecule has 0 atom stereocenters. The van der Waals surface area contributed by atoms with Crippen LogP contribution in [0.1, 0.15) is 36.7 Å².